The minimum absolute atomic E-state index is 0.126. The molecule has 0 bridgehead atoms. The van der Waals surface area contributed by atoms with Crippen LogP contribution >= 0.6 is 0 Å². The Morgan fingerprint density at radius 1 is 0.944 bits per heavy atom. The molecule has 2 nitrogen and oxygen atoms in total. The fourth-order valence-corrected chi connectivity index (χ4v) is 2.37. The van der Waals surface area contributed by atoms with E-state index in [1.165, 1.54) is 16.7 Å². The van der Waals surface area contributed by atoms with E-state index in [1.54, 1.807) is 0 Å². The summed E-state index contributed by atoms with van der Waals surface area (Å²) in [5, 5.41) is 0. The van der Waals surface area contributed by atoms with Crippen LogP contribution in [0.4, 0.5) is 0 Å². The minimum Gasteiger partial charge on any atom is -0.426 e. The second-order valence-electron chi connectivity index (χ2n) is 4.53. The quantitative estimate of drug-likeness (QED) is 0.593. The van der Waals surface area contributed by atoms with Crippen molar-refractivity contribution in [2.45, 2.75) is 19.3 Å². The van der Waals surface area contributed by atoms with E-state index in [1.807, 2.05) is 30.3 Å². The lowest BCUT2D eigenvalue weighted by Gasteiger charge is -2.18. The molecule has 90 valence electrons. The Hall–Kier alpha value is -2.09. The molecule has 0 unspecified atom stereocenters. The summed E-state index contributed by atoms with van der Waals surface area (Å²) in [6, 6.07) is 16.3. The first kappa shape index (κ1) is 11.0. The van der Waals surface area contributed by atoms with Crippen LogP contribution in [-0.4, -0.2) is 5.97 Å². The number of ether oxygens (including phenoxy) is 1. The monoisotopic (exact) mass is 238 g/mol. The van der Waals surface area contributed by atoms with Gasteiger partial charge in [0, 0.05) is 0 Å². The van der Waals surface area contributed by atoms with Crippen molar-refractivity contribution in [2.75, 3.05) is 0 Å². The van der Waals surface area contributed by atoms with Crippen molar-refractivity contribution >= 4 is 5.97 Å². The molecular formula is C16H14O2. The van der Waals surface area contributed by atoms with Crippen molar-refractivity contribution in [3.05, 3.63) is 65.2 Å². The van der Waals surface area contributed by atoms with Crippen molar-refractivity contribution in [3.8, 4) is 5.75 Å². The van der Waals surface area contributed by atoms with Gasteiger partial charge in [0.15, 0.2) is 0 Å². The number of hydrogen-bond acceptors (Lipinski definition) is 2. The first-order valence-corrected chi connectivity index (χ1v) is 6.18. The van der Waals surface area contributed by atoms with E-state index < -0.39 is 0 Å². The van der Waals surface area contributed by atoms with Gasteiger partial charge >= 0.3 is 5.97 Å². The summed E-state index contributed by atoms with van der Waals surface area (Å²) in [4.78, 5) is 11.3. The maximum absolute atomic E-state index is 11.3. The summed E-state index contributed by atoms with van der Waals surface area (Å²) in [5.74, 6) is 0.610. The molecule has 2 aromatic rings. The molecule has 18 heavy (non-hydrogen) atoms. The predicted octanol–water partition coefficient (Wildman–Crippen LogP) is 3.13. The van der Waals surface area contributed by atoms with Gasteiger partial charge in [-0.25, -0.2) is 0 Å². The lowest BCUT2D eigenvalue weighted by Crippen LogP contribution is -2.17. The molecule has 0 radical (unpaired) electrons. The Morgan fingerprint density at radius 3 is 2.61 bits per heavy atom. The largest absolute Gasteiger partial charge is 0.426 e. The lowest BCUT2D eigenvalue weighted by atomic mass is 9.95. The van der Waals surface area contributed by atoms with Gasteiger partial charge in [0.25, 0.3) is 0 Å². The zero-order valence-corrected chi connectivity index (χ0v) is 10.1. The van der Waals surface area contributed by atoms with E-state index in [2.05, 4.69) is 18.2 Å². The van der Waals surface area contributed by atoms with Crippen LogP contribution in [0.5, 0.6) is 5.75 Å². The van der Waals surface area contributed by atoms with Crippen LogP contribution in [0.15, 0.2) is 48.5 Å². The zero-order valence-electron chi connectivity index (χ0n) is 10.1. The van der Waals surface area contributed by atoms with E-state index in [-0.39, 0.29) is 5.97 Å². The Labute approximate surface area is 106 Å². The van der Waals surface area contributed by atoms with Crippen molar-refractivity contribution < 1.29 is 9.53 Å². The third kappa shape index (κ3) is 2.14. The van der Waals surface area contributed by atoms with Gasteiger partial charge in [0.2, 0.25) is 0 Å². The molecule has 1 aliphatic rings. The highest BCUT2D eigenvalue weighted by Crippen LogP contribution is 2.29. The molecule has 0 fully saturated rings. The number of hydrogen-bond donors (Lipinski definition) is 0. The van der Waals surface area contributed by atoms with Crippen molar-refractivity contribution in [3.63, 3.8) is 0 Å². The van der Waals surface area contributed by atoms with Crippen molar-refractivity contribution in [1.82, 2.24) is 0 Å². The Balaban J connectivity index is 1.94. The number of carbonyl (C=O) groups is 1. The summed E-state index contributed by atoms with van der Waals surface area (Å²) < 4.78 is 5.27. The normalized spacial score (nSPS) is 13.9. The Kier molecular flexibility index (Phi) is 2.85. The summed E-state index contributed by atoms with van der Waals surface area (Å²) in [6.45, 7) is 0. The lowest BCUT2D eigenvalue weighted by molar-refractivity contribution is -0.135. The van der Waals surface area contributed by atoms with Gasteiger partial charge in [-0.1, -0.05) is 42.5 Å². The average molecular weight is 238 g/mol. The summed E-state index contributed by atoms with van der Waals surface area (Å²) in [6.07, 6.45) is 2.16. The minimum atomic E-state index is -0.126. The molecular weight excluding hydrogens is 224 g/mol. The van der Waals surface area contributed by atoms with E-state index in [0.717, 1.165) is 18.6 Å². The third-order valence-corrected chi connectivity index (χ3v) is 3.27. The summed E-state index contributed by atoms with van der Waals surface area (Å²) in [5.41, 5.74) is 3.72. The van der Waals surface area contributed by atoms with Crippen LogP contribution in [0.3, 0.4) is 0 Å². The summed E-state index contributed by atoms with van der Waals surface area (Å²) >= 11 is 0. The van der Waals surface area contributed by atoms with Crippen molar-refractivity contribution in [2.24, 2.45) is 0 Å². The van der Waals surface area contributed by atoms with Gasteiger partial charge < -0.3 is 4.74 Å². The van der Waals surface area contributed by atoms with Crippen LogP contribution in [-0.2, 0) is 17.6 Å². The molecule has 0 saturated heterocycles. The maximum Gasteiger partial charge on any atom is 0.311 e. The Morgan fingerprint density at radius 2 is 1.78 bits per heavy atom. The second kappa shape index (κ2) is 4.65. The molecule has 0 saturated carbocycles. The number of esters is 1. The fraction of sp³-hybridized carbons (Fsp3) is 0.188. The molecule has 0 aromatic heterocycles. The predicted molar refractivity (Wildman–Crippen MR) is 69.6 cm³/mol. The molecule has 0 spiro atoms. The van der Waals surface area contributed by atoms with Crippen molar-refractivity contribution in [1.29, 1.82) is 0 Å². The van der Waals surface area contributed by atoms with Gasteiger partial charge in [-0.3, -0.25) is 4.79 Å². The number of rotatable bonds is 2. The standard InChI is InChI=1S/C16H14O2/c17-16-10-9-14-13(7-4-8-15(14)18-16)11-12-5-2-1-3-6-12/h1-8H,9-11H2. The van der Waals surface area contributed by atoms with E-state index in [0.29, 0.717) is 6.42 Å². The van der Waals surface area contributed by atoms with Gasteiger partial charge in [-0.2, -0.15) is 0 Å². The smallest absolute Gasteiger partial charge is 0.311 e. The molecule has 2 aromatic carbocycles. The van der Waals surface area contributed by atoms with Crippen LogP contribution in [0.1, 0.15) is 23.1 Å². The fourth-order valence-electron chi connectivity index (χ4n) is 2.37. The molecule has 0 N–H and O–H groups in total. The van der Waals surface area contributed by atoms with Gasteiger partial charge in [0.1, 0.15) is 5.75 Å². The average Bonchev–Trinajstić information content (AvgIpc) is 2.40. The number of carbonyl (C=O) groups excluding carboxylic acids is 1. The molecule has 0 atom stereocenters. The SMILES string of the molecule is O=C1CCc2c(Cc3ccccc3)cccc2O1. The molecule has 2 heteroatoms. The molecule has 0 amide bonds. The maximum atomic E-state index is 11.3. The first-order chi connectivity index (χ1) is 8.83. The highest BCUT2D eigenvalue weighted by atomic mass is 16.5. The summed E-state index contributed by atoms with van der Waals surface area (Å²) in [7, 11) is 0. The van der Waals surface area contributed by atoms with E-state index in [4.69, 9.17) is 4.74 Å². The molecule has 3 rings (SSSR count). The topological polar surface area (TPSA) is 26.3 Å². The number of fused-ring (bicyclic) bond motifs is 1. The van der Waals surface area contributed by atoms with Gasteiger partial charge in [-0.05, 0) is 35.6 Å². The molecule has 1 aliphatic heterocycles. The Bertz CT molecular complexity index is 573. The van der Waals surface area contributed by atoms with Gasteiger partial charge in [-0.15, -0.1) is 0 Å². The van der Waals surface area contributed by atoms with Gasteiger partial charge in [0.05, 0.1) is 6.42 Å². The van der Waals surface area contributed by atoms with E-state index >= 15 is 0 Å². The van der Waals surface area contributed by atoms with Crippen LogP contribution in [0.2, 0.25) is 0 Å². The van der Waals surface area contributed by atoms with E-state index in [9.17, 15) is 4.79 Å². The van der Waals surface area contributed by atoms with Crippen LogP contribution < -0.4 is 4.74 Å². The molecule has 0 aliphatic carbocycles. The third-order valence-electron chi connectivity index (χ3n) is 3.27. The first-order valence-electron chi connectivity index (χ1n) is 6.18. The highest BCUT2D eigenvalue weighted by Gasteiger charge is 2.19. The highest BCUT2D eigenvalue weighted by molar-refractivity contribution is 5.75. The second-order valence-corrected chi connectivity index (χ2v) is 4.53. The number of benzene rings is 2. The van der Waals surface area contributed by atoms with Crippen LogP contribution in [0, 0.1) is 0 Å². The zero-order chi connectivity index (χ0) is 12.4. The molecule has 1 heterocycles. The van der Waals surface area contributed by atoms with Crippen LogP contribution in [0.25, 0.3) is 0 Å².